The quantitative estimate of drug-likeness (QED) is 0.874. The van der Waals surface area contributed by atoms with Gasteiger partial charge >= 0.3 is 12.0 Å². The summed E-state index contributed by atoms with van der Waals surface area (Å²) in [6.07, 6.45) is 0.818. The average molecular weight is 315 g/mol. The van der Waals surface area contributed by atoms with Gasteiger partial charge in [-0.15, -0.1) is 0 Å². The van der Waals surface area contributed by atoms with Crippen LogP contribution in [0.4, 0.5) is 10.5 Å². The van der Waals surface area contributed by atoms with Crippen molar-refractivity contribution in [2.45, 2.75) is 26.3 Å². The molecule has 21 heavy (non-hydrogen) atoms. The number of hydrogen-bond acceptors (Lipinski definition) is 3. The van der Waals surface area contributed by atoms with Crippen LogP contribution >= 0.6 is 11.6 Å². The summed E-state index contributed by atoms with van der Waals surface area (Å²) in [5.74, 6) is -1.02. The molecule has 0 heterocycles. The van der Waals surface area contributed by atoms with Crippen LogP contribution in [0.2, 0.25) is 5.02 Å². The Balaban J connectivity index is 3.04. The summed E-state index contributed by atoms with van der Waals surface area (Å²) in [7, 11) is 3.03. The van der Waals surface area contributed by atoms with Crippen molar-refractivity contribution in [3.63, 3.8) is 0 Å². The maximum Gasteiger partial charge on any atom is 0.339 e. The lowest BCUT2D eigenvalue weighted by Crippen LogP contribution is -2.37. The second-order valence-electron chi connectivity index (χ2n) is 4.64. The van der Waals surface area contributed by atoms with Crippen molar-refractivity contribution in [2.24, 2.45) is 0 Å². The number of anilines is 1. The number of ether oxygens (including phenoxy) is 1. The summed E-state index contributed by atoms with van der Waals surface area (Å²) < 4.78 is 5.01. The van der Waals surface area contributed by atoms with E-state index in [1.54, 1.807) is 11.9 Å². The van der Waals surface area contributed by atoms with E-state index in [2.05, 4.69) is 5.32 Å². The predicted molar refractivity (Wildman–Crippen MR) is 81.5 cm³/mol. The van der Waals surface area contributed by atoms with Gasteiger partial charge in [-0.05, 0) is 19.4 Å². The monoisotopic (exact) mass is 314 g/mol. The van der Waals surface area contributed by atoms with Crippen molar-refractivity contribution in [3.8, 4) is 5.75 Å². The fourth-order valence-electron chi connectivity index (χ4n) is 1.66. The zero-order valence-corrected chi connectivity index (χ0v) is 13.2. The fraction of sp³-hybridized carbons (Fsp3) is 0.429. The van der Waals surface area contributed by atoms with Crippen LogP contribution in [-0.2, 0) is 0 Å². The Bertz CT molecular complexity index is 548. The molecule has 0 aliphatic rings. The van der Waals surface area contributed by atoms with E-state index in [4.69, 9.17) is 21.4 Å². The fourth-order valence-corrected chi connectivity index (χ4v) is 1.87. The molecule has 0 aromatic heterocycles. The molecule has 1 atom stereocenters. The van der Waals surface area contributed by atoms with Gasteiger partial charge in [0.25, 0.3) is 0 Å². The molecule has 0 spiro atoms. The first-order chi connectivity index (χ1) is 9.81. The van der Waals surface area contributed by atoms with Gasteiger partial charge in [0.1, 0.15) is 11.3 Å². The standard InChI is InChI=1S/C14H19ClN2O4/c1-5-8(2)17(3)14(20)16-11-7-12(21-4)9(13(18)19)6-10(11)15/h6-8H,5H2,1-4H3,(H,16,20)(H,18,19). The van der Waals surface area contributed by atoms with Crippen molar-refractivity contribution in [2.75, 3.05) is 19.5 Å². The number of rotatable bonds is 5. The molecule has 2 N–H and O–H groups in total. The molecular formula is C14H19ClN2O4. The van der Waals surface area contributed by atoms with Crippen molar-refractivity contribution in [1.29, 1.82) is 0 Å². The summed E-state index contributed by atoms with van der Waals surface area (Å²) in [6.45, 7) is 3.90. The van der Waals surface area contributed by atoms with Crippen LogP contribution in [0.15, 0.2) is 12.1 Å². The number of methoxy groups -OCH3 is 1. The number of aromatic carboxylic acids is 1. The molecule has 0 saturated carbocycles. The van der Waals surface area contributed by atoms with Gasteiger partial charge in [0.15, 0.2) is 0 Å². The van der Waals surface area contributed by atoms with Crippen molar-refractivity contribution in [1.82, 2.24) is 4.90 Å². The second-order valence-corrected chi connectivity index (χ2v) is 5.04. The summed E-state index contributed by atoms with van der Waals surface area (Å²) in [5, 5.41) is 11.8. The summed E-state index contributed by atoms with van der Waals surface area (Å²) >= 11 is 6.01. The van der Waals surface area contributed by atoms with Gasteiger partial charge in [0, 0.05) is 19.2 Å². The molecule has 0 aliphatic heterocycles. The van der Waals surface area contributed by atoms with Crippen LogP contribution in [0.5, 0.6) is 5.75 Å². The number of nitrogens with one attached hydrogen (secondary N) is 1. The third-order valence-corrected chi connectivity index (χ3v) is 3.65. The average Bonchev–Trinajstić information content (AvgIpc) is 2.46. The normalized spacial score (nSPS) is 11.7. The lowest BCUT2D eigenvalue weighted by Gasteiger charge is -2.24. The van der Waals surface area contributed by atoms with Gasteiger partial charge in [-0.1, -0.05) is 18.5 Å². The lowest BCUT2D eigenvalue weighted by atomic mass is 10.1. The van der Waals surface area contributed by atoms with Crippen LogP contribution in [0.1, 0.15) is 30.6 Å². The second kappa shape index (κ2) is 7.17. The van der Waals surface area contributed by atoms with Gasteiger partial charge in [0.05, 0.1) is 17.8 Å². The number of urea groups is 1. The Hall–Kier alpha value is -1.95. The number of carbonyl (C=O) groups is 2. The van der Waals surface area contributed by atoms with E-state index in [0.717, 1.165) is 6.42 Å². The third-order valence-electron chi connectivity index (χ3n) is 3.33. The molecule has 0 bridgehead atoms. The number of amides is 2. The van der Waals surface area contributed by atoms with E-state index in [1.807, 2.05) is 13.8 Å². The van der Waals surface area contributed by atoms with Crippen LogP contribution in [0.3, 0.4) is 0 Å². The van der Waals surface area contributed by atoms with E-state index >= 15 is 0 Å². The van der Waals surface area contributed by atoms with E-state index in [-0.39, 0.29) is 28.4 Å². The SMILES string of the molecule is CCC(C)N(C)C(=O)Nc1cc(OC)c(C(=O)O)cc1Cl. The van der Waals surface area contributed by atoms with Gasteiger partial charge in [-0.2, -0.15) is 0 Å². The van der Waals surface area contributed by atoms with E-state index < -0.39 is 5.97 Å². The summed E-state index contributed by atoms with van der Waals surface area (Å²) in [6, 6.07) is 2.40. The molecule has 0 fully saturated rings. The maximum absolute atomic E-state index is 12.1. The van der Waals surface area contributed by atoms with Crippen LogP contribution in [0.25, 0.3) is 0 Å². The number of benzene rings is 1. The number of carbonyl (C=O) groups excluding carboxylic acids is 1. The molecule has 1 aromatic carbocycles. The number of carboxylic acid groups (broad SMARTS) is 1. The highest BCUT2D eigenvalue weighted by molar-refractivity contribution is 6.34. The first-order valence-electron chi connectivity index (χ1n) is 6.46. The van der Waals surface area contributed by atoms with Gasteiger partial charge in [-0.25, -0.2) is 9.59 Å². The van der Waals surface area contributed by atoms with Crippen LogP contribution in [-0.4, -0.2) is 42.2 Å². The minimum Gasteiger partial charge on any atom is -0.496 e. The van der Waals surface area contributed by atoms with Crippen molar-refractivity contribution in [3.05, 3.63) is 22.7 Å². The van der Waals surface area contributed by atoms with Gasteiger partial charge < -0.3 is 20.1 Å². The summed E-state index contributed by atoms with van der Waals surface area (Å²) in [4.78, 5) is 24.7. The van der Waals surface area contributed by atoms with Crippen LogP contribution in [0, 0.1) is 0 Å². The zero-order valence-electron chi connectivity index (χ0n) is 12.4. The molecule has 7 heteroatoms. The topological polar surface area (TPSA) is 78.9 Å². The largest absolute Gasteiger partial charge is 0.496 e. The highest BCUT2D eigenvalue weighted by Crippen LogP contribution is 2.31. The molecule has 6 nitrogen and oxygen atoms in total. The molecule has 1 aromatic rings. The minimum absolute atomic E-state index is 0.0595. The molecule has 1 unspecified atom stereocenters. The van der Waals surface area contributed by atoms with Gasteiger partial charge in [-0.3, -0.25) is 0 Å². The number of nitrogens with zero attached hydrogens (tertiary/aromatic N) is 1. The van der Waals surface area contributed by atoms with Gasteiger partial charge in [0.2, 0.25) is 0 Å². The lowest BCUT2D eigenvalue weighted by molar-refractivity contribution is 0.0693. The molecule has 116 valence electrons. The smallest absolute Gasteiger partial charge is 0.339 e. The highest BCUT2D eigenvalue weighted by Gasteiger charge is 2.19. The Morgan fingerprint density at radius 3 is 2.57 bits per heavy atom. The Morgan fingerprint density at radius 1 is 1.48 bits per heavy atom. The molecule has 0 radical (unpaired) electrons. The highest BCUT2D eigenvalue weighted by atomic mass is 35.5. The van der Waals surface area contributed by atoms with E-state index in [1.165, 1.54) is 19.2 Å². The van der Waals surface area contributed by atoms with E-state index in [9.17, 15) is 9.59 Å². The molecule has 2 amide bonds. The third kappa shape index (κ3) is 4.01. The van der Waals surface area contributed by atoms with Crippen LogP contribution < -0.4 is 10.1 Å². The molecule has 0 saturated heterocycles. The summed E-state index contributed by atoms with van der Waals surface area (Å²) in [5.41, 5.74) is 0.245. The van der Waals surface area contributed by atoms with Crippen molar-refractivity contribution >= 4 is 29.3 Å². The minimum atomic E-state index is -1.15. The molecule has 0 aliphatic carbocycles. The Labute approximate surface area is 128 Å². The number of hydrogen-bond donors (Lipinski definition) is 2. The zero-order chi connectivity index (χ0) is 16.2. The van der Waals surface area contributed by atoms with Crippen molar-refractivity contribution < 1.29 is 19.4 Å². The first-order valence-corrected chi connectivity index (χ1v) is 6.84. The molecule has 1 rings (SSSR count). The Kier molecular flexibility index (Phi) is 5.84. The maximum atomic E-state index is 12.1. The first kappa shape index (κ1) is 17.1. The Morgan fingerprint density at radius 2 is 2.10 bits per heavy atom. The number of carboxylic acids is 1. The molecular weight excluding hydrogens is 296 g/mol. The number of halogens is 1. The predicted octanol–water partition coefficient (Wildman–Crippen LogP) is 3.31. The van der Waals surface area contributed by atoms with E-state index in [0.29, 0.717) is 5.69 Å².